The van der Waals surface area contributed by atoms with Crippen LogP contribution in [0.25, 0.3) is 0 Å². The first kappa shape index (κ1) is 11.1. The summed E-state index contributed by atoms with van der Waals surface area (Å²) in [4.78, 5) is 0. The molecule has 1 nitrogen and oxygen atoms in total. The molecule has 1 N–H and O–H groups in total. The molecule has 3 fully saturated rings. The van der Waals surface area contributed by atoms with Gasteiger partial charge in [0.25, 0.3) is 0 Å². The first-order valence-electron chi connectivity index (χ1n) is 7.65. The van der Waals surface area contributed by atoms with E-state index in [1.165, 1.54) is 45.1 Å². The predicted octanol–water partition coefficient (Wildman–Crippen LogP) is 3.59. The van der Waals surface area contributed by atoms with Crippen LogP contribution in [-0.4, -0.2) is 12.6 Å². The molecule has 0 saturated heterocycles. The lowest BCUT2D eigenvalue weighted by Crippen LogP contribution is -2.38. The number of hydrogen-bond acceptors (Lipinski definition) is 1. The zero-order valence-electron chi connectivity index (χ0n) is 10.8. The van der Waals surface area contributed by atoms with Crippen molar-refractivity contribution in [2.24, 2.45) is 23.7 Å². The maximum Gasteiger partial charge on any atom is 0.0129 e. The van der Waals surface area contributed by atoms with Gasteiger partial charge in [-0.05, 0) is 62.3 Å². The van der Waals surface area contributed by atoms with Crippen molar-refractivity contribution in [3.05, 3.63) is 0 Å². The molecular formula is C15H27N. The first-order valence-corrected chi connectivity index (χ1v) is 7.65. The molecule has 0 spiro atoms. The lowest BCUT2D eigenvalue weighted by Gasteiger charge is -2.26. The number of fused-ring (bicyclic) bond motifs is 1. The van der Waals surface area contributed by atoms with E-state index in [1.54, 1.807) is 12.8 Å². The molecule has 0 aromatic rings. The minimum atomic E-state index is 0.901. The molecule has 0 bridgehead atoms. The van der Waals surface area contributed by atoms with Crippen LogP contribution in [0.3, 0.4) is 0 Å². The topological polar surface area (TPSA) is 12.0 Å². The van der Waals surface area contributed by atoms with Crippen molar-refractivity contribution in [2.45, 2.75) is 64.3 Å². The fourth-order valence-corrected chi connectivity index (χ4v) is 4.65. The van der Waals surface area contributed by atoms with Crippen LogP contribution in [0.1, 0.15) is 58.3 Å². The van der Waals surface area contributed by atoms with Crippen LogP contribution in [0.2, 0.25) is 0 Å². The maximum absolute atomic E-state index is 3.90. The Labute approximate surface area is 100 Å². The van der Waals surface area contributed by atoms with Crippen LogP contribution >= 0.6 is 0 Å². The molecule has 0 aliphatic heterocycles. The fourth-order valence-electron chi connectivity index (χ4n) is 4.65. The van der Waals surface area contributed by atoms with E-state index in [4.69, 9.17) is 0 Å². The van der Waals surface area contributed by atoms with Gasteiger partial charge in [0.2, 0.25) is 0 Å². The van der Waals surface area contributed by atoms with Gasteiger partial charge >= 0.3 is 0 Å². The molecule has 0 heterocycles. The van der Waals surface area contributed by atoms with E-state index in [-0.39, 0.29) is 0 Å². The van der Waals surface area contributed by atoms with Gasteiger partial charge in [-0.1, -0.05) is 26.2 Å². The number of hydrogen-bond donors (Lipinski definition) is 1. The fraction of sp³-hybridized carbons (Fsp3) is 1.00. The molecule has 0 amide bonds. The normalized spacial score (nSPS) is 39.9. The smallest absolute Gasteiger partial charge is 0.0129 e. The standard InChI is InChI=1S/C15H27N/c1-2-10-16-15(11-6-3-4-7-11)14-12-8-5-9-13(12)14/h11-16H,2-10H2,1H3. The summed E-state index contributed by atoms with van der Waals surface area (Å²) >= 11 is 0. The molecule has 3 atom stereocenters. The van der Waals surface area contributed by atoms with E-state index in [0.29, 0.717) is 0 Å². The van der Waals surface area contributed by atoms with Gasteiger partial charge in [-0.3, -0.25) is 0 Å². The third-order valence-electron chi connectivity index (χ3n) is 5.43. The molecule has 0 aromatic carbocycles. The summed E-state index contributed by atoms with van der Waals surface area (Å²) in [6.07, 6.45) is 11.9. The Hall–Kier alpha value is -0.0400. The molecule has 1 heteroatoms. The molecule has 3 unspecified atom stereocenters. The Morgan fingerprint density at radius 2 is 1.69 bits per heavy atom. The van der Waals surface area contributed by atoms with Gasteiger partial charge in [0.1, 0.15) is 0 Å². The summed E-state index contributed by atoms with van der Waals surface area (Å²) in [6.45, 7) is 3.55. The summed E-state index contributed by atoms with van der Waals surface area (Å²) in [7, 11) is 0. The molecule has 3 aliphatic carbocycles. The van der Waals surface area contributed by atoms with Crippen molar-refractivity contribution in [3.8, 4) is 0 Å². The lowest BCUT2D eigenvalue weighted by atomic mass is 9.90. The zero-order chi connectivity index (χ0) is 11.0. The highest BCUT2D eigenvalue weighted by molar-refractivity contribution is 5.08. The average Bonchev–Trinajstić information content (AvgIpc) is 2.79. The molecule has 3 rings (SSSR count). The molecule has 0 aromatic heterocycles. The Bertz CT molecular complexity index is 222. The lowest BCUT2D eigenvalue weighted by molar-refractivity contribution is 0.296. The highest BCUT2D eigenvalue weighted by Crippen LogP contribution is 2.60. The van der Waals surface area contributed by atoms with Crippen LogP contribution in [0.15, 0.2) is 0 Å². The van der Waals surface area contributed by atoms with Crippen LogP contribution in [0.4, 0.5) is 0 Å². The first-order chi connectivity index (χ1) is 7.92. The van der Waals surface area contributed by atoms with Crippen molar-refractivity contribution in [1.29, 1.82) is 0 Å². The summed E-state index contributed by atoms with van der Waals surface area (Å²) in [6, 6.07) is 0.901. The van der Waals surface area contributed by atoms with Gasteiger partial charge in [-0.15, -0.1) is 0 Å². The second-order valence-electron chi connectivity index (χ2n) is 6.36. The van der Waals surface area contributed by atoms with E-state index in [9.17, 15) is 0 Å². The van der Waals surface area contributed by atoms with Crippen molar-refractivity contribution in [1.82, 2.24) is 5.32 Å². The van der Waals surface area contributed by atoms with Gasteiger partial charge < -0.3 is 5.32 Å². The van der Waals surface area contributed by atoms with Gasteiger partial charge in [0.15, 0.2) is 0 Å². The van der Waals surface area contributed by atoms with Gasteiger partial charge in [0.05, 0.1) is 0 Å². The van der Waals surface area contributed by atoms with E-state index in [2.05, 4.69) is 12.2 Å². The van der Waals surface area contributed by atoms with Crippen molar-refractivity contribution in [2.75, 3.05) is 6.54 Å². The summed E-state index contributed by atoms with van der Waals surface area (Å²) in [5.74, 6) is 4.38. The molecule has 3 aliphatic rings. The Morgan fingerprint density at radius 1 is 1.00 bits per heavy atom. The summed E-state index contributed by atoms with van der Waals surface area (Å²) < 4.78 is 0. The van der Waals surface area contributed by atoms with E-state index in [1.807, 2.05) is 0 Å². The number of rotatable bonds is 5. The quantitative estimate of drug-likeness (QED) is 0.748. The van der Waals surface area contributed by atoms with Gasteiger partial charge in [-0.2, -0.15) is 0 Å². The average molecular weight is 221 g/mol. The van der Waals surface area contributed by atoms with Crippen LogP contribution in [0.5, 0.6) is 0 Å². The van der Waals surface area contributed by atoms with Crippen molar-refractivity contribution in [3.63, 3.8) is 0 Å². The Kier molecular flexibility index (Phi) is 3.24. The molecule has 16 heavy (non-hydrogen) atoms. The summed E-state index contributed by atoms with van der Waals surface area (Å²) in [5, 5.41) is 3.90. The predicted molar refractivity (Wildman–Crippen MR) is 68.4 cm³/mol. The van der Waals surface area contributed by atoms with E-state index in [0.717, 1.165) is 29.7 Å². The molecule has 0 radical (unpaired) electrons. The third-order valence-corrected chi connectivity index (χ3v) is 5.43. The largest absolute Gasteiger partial charge is 0.313 e. The van der Waals surface area contributed by atoms with Crippen LogP contribution in [-0.2, 0) is 0 Å². The third kappa shape index (κ3) is 1.92. The molecule has 3 saturated carbocycles. The van der Waals surface area contributed by atoms with Crippen LogP contribution < -0.4 is 5.32 Å². The Morgan fingerprint density at radius 3 is 2.31 bits per heavy atom. The van der Waals surface area contributed by atoms with Crippen molar-refractivity contribution < 1.29 is 0 Å². The zero-order valence-corrected chi connectivity index (χ0v) is 10.8. The van der Waals surface area contributed by atoms with Gasteiger partial charge in [0, 0.05) is 6.04 Å². The highest BCUT2D eigenvalue weighted by Gasteiger charge is 2.56. The van der Waals surface area contributed by atoms with E-state index >= 15 is 0 Å². The van der Waals surface area contributed by atoms with E-state index < -0.39 is 0 Å². The molecule has 92 valence electrons. The summed E-state index contributed by atoms with van der Waals surface area (Å²) in [5.41, 5.74) is 0. The van der Waals surface area contributed by atoms with Crippen molar-refractivity contribution >= 4 is 0 Å². The minimum Gasteiger partial charge on any atom is -0.313 e. The maximum atomic E-state index is 3.90. The SMILES string of the molecule is CCCNC(C1CCCC1)C1C2CCCC21. The monoisotopic (exact) mass is 221 g/mol. The highest BCUT2D eigenvalue weighted by atomic mass is 15.0. The number of nitrogens with one attached hydrogen (secondary N) is 1. The minimum absolute atomic E-state index is 0.901. The molecular weight excluding hydrogens is 194 g/mol. The van der Waals surface area contributed by atoms with Gasteiger partial charge in [-0.25, -0.2) is 0 Å². The Balaban J connectivity index is 1.60. The second-order valence-corrected chi connectivity index (χ2v) is 6.36. The van der Waals surface area contributed by atoms with Crippen LogP contribution in [0, 0.1) is 23.7 Å². The second kappa shape index (κ2) is 4.68.